The number of nitrogens with zero attached hydrogens (tertiary/aromatic N) is 1. The maximum atomic E-state index is 12.8. The lowest BCUT2D eigenvalue weighted by molar-refractivity contribution is 0.0742. The fourth-order valence-electron chi connectivity index (χ4n) is 2.59. The van der Waals surface area contributed by atoms with E-state index in [9.17, 15) is 13.2 Å². The second kappa shape index (κ2) is 6.75. The van der Waals surface area contributed by atoms with Crippen LogP contribution in [0.25, 0.3) is 0 Å². The van der Waals surface area contributed by atoms with E-state index in [2.05, 4.69) is 0 Å². The van der Waals surface area contributed by atoms with E-state index in [1.54, 1.807) is 24.1 Å². The minimum Gasteiger partial charge on any atom is -0.335 e. The van der Waals surface area contributed by atoms with Gasteiger partial charge in [-0.15, -0.1) is 0 Å². The summed E-state index contributed by atoms with van der Waals surface area (Å²) in [5.41, 5.74) is 3.36. The van der Waals surface area contributed by atoms with Crippen LogP contribution < -0.4 is 5.14 Å². The molecule has 1 amide bonds. The summed E-state index contributed by atoms with van der Waals surface area (Å²) in [6.07, 6.45) is 0. The summed E-state index contributed by atoms with van der Waals surface area (Å²) in [4.78, 5) is 14.4. The first-order chi connectivity index (χ1) is 11.1. The third-order valence-electron chi connectivity index (χ3n) is 4.18. The monoisotopic (exact) mass is 346 g/mol. The lowest BCUT2D eigenvalue weighted by Gasteiger charge is -2.26. The van der Waals surface area contributed by atoms with E-state index in [-0.39, 0.29) is 16.8 Å². The molecule has 2 rings (SSSR count). The van der Waals surface area contributed by atoms with Gasteiger partial charge in [-0.2, -0.15) is 0 Å². The Bertz CT molecular complexity index is 876. The van der Waals surface area contributed by atoms with Crippen LogP contribution in [0.3, 0.4) is 0 Å². The Kier molecular flexibility index (Phi) is 5.11. The van der Waals surface area contributed by atoms with E-state index >= 15 is 0 Å². The quantitative estimate of drug-likeness (QED) is 0.924. The highest BCUT2D eigenvalue weighted by Crippen LogP contribution is 2.24. The van der Waals surface area contributed by atoms with Crippen molar-refractivity contribution in [3.63, 3.8) is 0 Å². The molecule has 0 radical (unpaired) electrons. The molecule has 0 aliphatic carbocycles. The van der Waals surface area contributed by atoms with E-state index in [1.165, 1.54) is 12.1 Å². The number of nitrogens with two attached hydrogens (primary N) is 1. The minimum atomic E-state index is -3.77. The highest BCUT2D eigenvalue weighted by molar-refractivity contribution is 7.89. The van der Waals surface area contributed by atoms with Crippen LogP contribution in [0, 0.1) is 13.8 Å². The van der Waals surface area contributed by atoms with Gasteiger partial charge in [-0.25, -0.2) is 13.6 Å². The predicted octanol–water partition coefficient (Wildman–Crippen LogP) is 2.78. The van der Waals surface area contributed by atoms with Crippen molar-refractivity contribution in [2.45, 2.75) is 31.7 Å². The first-order valence-electron chi connectivity index (χ1n) is 7.58. The fraction of sp³-hybridized carbons (Fsp3) is 0.278. The highest BCUT2D eigenvalue weighted by atomic mass is 32.2. The summed E-state index contributed by atoms with van der Waals surface area (Å²) in [7, 11) is -2.07. The molecule has 0 bridgehead atoms. The van der Waals surface area contributed by atoms with Gasteiger partial charge in [-0.3, -0.25) is 4.79 Å². The third-order valence-corrected chi connectivity index (χ3v) is 5.09. The van der Waals surface area contributed by atoms with Crippen LogP contribution in [0.4, 0.5) is 0 Å². The molecule has 0 spiro atoms. The van der Waals surface area contributed by atoms with Gasteiger partial charge < -0.3 is 4.90 Å². The van der Waals surface area contributed by atoms with Crippen molar-refractivity contribution < 1.29 is 13.2 Å². The van der Waals surface area contributed by atoms with Crippen LogP contribution in [0.5, 0.6) is 0 Å². The summed E-state index contributed by atoms with van der Waals surface area (Å²) >= 11 is 0. The van der Waals surface area contributed by atoms with Gasteiger partial charge in [0.1, 0.15) is 0 Å². The van der Waals surface area contributed by atoms with Crippen LogP contribution in [-0.4, -0.2) is 26.3 Å². The smallest absolute Gasteiger partial charge is 0.254 e. The molecule has 0 aliphatic rings. The van der Waals surface area contributed by atoms with Crippen molar-refractivity contribution >= 4 is 15.9 Å². The number of primary sulfonamides is 1. The van der Waals surface area contributed by atoms with Gasteiger partial charge in [0.2, 0.25) is 10.0 Å². The number of hydrogen-bond acceptors (Lipinski definition) is 3. The van der Waals surface area contributed by atoms with Gasteiger partial charge in [0.05, 0.1) is 10.9 Å². The van der Waals surface area contributed by atoms with Crippen LogP contribution >= 0.6 is 0 Å². The number of rotatable bonds is 4. The highest BCUT2D eigenvalue weighted by Gasteiger charge is 2.21. The number of benzene rings is 2. The molecule has 0 aromatic heterocycles. The van der Waals surface area contributed by atoms with Crippen LogP contribution in [0.15, 0.2) is 47.4 Å². The summed E-state index contributed by atoms with van der Waals surface area (Å²) in [5, 5.41) is 5.18. The fourth-order valence-corrected chi connectivity index (χ4v) is 3.16. The van der Waals surface area contributed by atoms with E-state index in [0.717, 1.165) is 11.1 Å². The predicted molar refractivity (Wildman–Crippen MR) is 94.2 cm³/mol. The minimum absolute atomic E-state index is 0.0409. The molecule has 128 valence electrons. The molecular weight excluding hydrogens is 324 g/mol. The van der Waals surface area contributed by atoms with E-state index in [1.807, 2.05) is 39.0 Å². The van der Waals surface area contributed by atoms with E-state index < -0.39 is 10.0 Å². The number of hydrogen-bond donors (Lipinski definition) is 1. The zero-order chi connectivity index (χ0) is 18.1. The molecule has 0 heterocycles. The average Bonchev–Trinajstić information content (AvgIpc) is 2.52. The Hall–Kier alpha value is -2.18. The maximum Gasteiger partial charge on any atom is 0.254 e. The molecule has 2 N–H and O–H groups in total. The second-order valence-electron chi connectivity index (χ2n) is 6.03. The SMILES string of the molecule is Cc1ccc(C(=O)N(C)[C@H](C)c2cccc(S(N)(=O)=O)c2)c(C)c1. The summed E-state index contributed by atoms with van der Waals surface area (Å²) in [6, 6.07) is 11.8. The maximum absolute atomic E-state index is 12.8. The number of carbonyl (C=O) groups is 1. The van der Waals surface area contributed by atoms with Gasteiger partial charge in [0.15, 0.2) is 0 Å². The number of aryl methyl sites for hydroxylation is 2. The zero-order valence-corrected chi connectivity index (χ0v) is 15.1. The van der Waals surface area contributed by atoms with Crippen LogP contribution in [-0.2, 0) is 10.0 Å². The van der Waals surface area contributed by atoms with Gasteiger partial charge in [-0.05, 0) is 50.1 Å². The molecule has 0 unspecified atom stereocenters. The molecular formula is C18H22N2O3S. The second-order valence-corrected chi connectivity index (χ2v) is 7.59. The number of sulfonamides is 1. The largest absolute Gasteiger partial charge is 0.335 e. The van der Waals surface area contributed by atoms with E-state index in [4.69, 9.17) is 5.14 Å². The van der Waals surface area contributed by atoms with Crippen molar-refractivity contribution in [2.75, 3.05) is 7.05 Å². The van der Waals surface area contributed by atoms with Crippen molar-refractivity contribution in [1.29, 1.82) is 0 Å². The normalized spacial score (nSPS) is 12.7. The summed E-state index contributed by atoms with van der Waals surface area (Å²) < 4.78 is 23.0. The third kappa shape index (κ3) is 3.83. The topological polar surface area (TPSA) is 80.5 Å². The summed E-state index contributed by atoms with van der Waals surface area (Å²) in [5.74, 6) is -0.110. The van der Waals surface area contributed by atoms with Crippen molar-refractivity contribution in [2.24, 2.45) is 5.14 Å². The van der Waals surface area contributed by atoms with Crippen LogP contribution in [0.1, 0.15) is 40.0 Å². The Morgan fingerprint density at radius 2 is 1.79 bits per heavy atom. The molecule has 2 aromatic carbocycles. The number of amides is 1. The molecule has 24 heavy (non-hydrogen) atoms. The Morgan fingerprint density at radius 1 is 1.12 bits per heavy atom. The summed E-state index contributed by atoms with van der Waals surface area (Å²) in [6.45, 7) is 5.73. The molecule has 1 atom stereocenters. The first kappa shape index (κ1) is 18.2. The Balaban J connectivity index is 2.32. The standard InChI is InChI=1S/C18H22N2O3S/c1-12-8-9-17(13(2)10-12)18(21)20(4)14(3)15-6-5-7-16(11-15)24(19,22)23/h5-11,14H,1-4H3,(H2,19,22,23)/t14-/m1/s1. The number of carbonyl (C=O) groups excluding carboxylic acids is 1. The van der Waals surface area contributed by atoms with Gasteiger partial charge in [0, 0.05) is 12.6 Å². The molecule has 0 aliphatic heterocycles. The molecule has 2 aromatic rings. The van der Waals surface area contributed by atoms with Gasteiger partial charge in [0.25, 0.3) is 5.91 Å². The molecule has 5 nitrogen and oxygen atoms in total. The first-order valence-corrected chi connectivity index (χ1v) is 9.13. The average molecular weight is 346 g/mol. The van der Waals surface area contributed by atoms with Gasteiger partial charge in [-0.1, -0.05) is 29.8 Å². The molecule has 0 fully saturated rings. The van der Waals surface area contributed by atoms with Crippen molar-refractivity contribution in [1.82, 2.24) is 4.90 Å². The molecule has 0 saturated carbocycles. The lowest BCUT2D eigenvalue weighted by Crippen LogP contribution is -2.30. The Morgan fingerprint density at radius 3 is 2.38 bits per heavy atom. The Labute approximate surface area is 143 Å². The lowest BCUT2D eigenvalue weighted by atomic mass is 10.0. The van der Waals surface area contributed by atoms with Crippen molar-refractivity contribution in [3.05, 3.63) is 64.7 Å². The van der Waals surface area contributed by atoms with Gasteiger partial charge >= 0.3 is 0 Å². The van der Waals surface area contributed by atoms with Crippen molar-refractivity contribution in [3.8, 4) is 0 Å². The molecule has 0 saturated heterocycles. The van der Waals surface area contributed by atoms with Crippen LogP contribution in [0.2, 0.25) is 0 Å². The zero-order valence-electron chi connectivity index (χ0n) is 14.3. The van der Waals surface area contributed by atoms with E-state index in [0.29, 0.717) is 11.1 Å². The molecule has 6 heteroatoms.